The lowest BCUT2D eigenvalue weighted by Gasteiger charge is -2.22. The Bertz CT molecular complexity index is 651. The minimum absolute atomic E-state index is 0.188. The topological polar surface area (TPSA) is 80.1 Å². The predicted molar refractivity (Wildman–Crippen MR) is 78.0 cm³/mol. The third kappa shape index (κ3) is 2.80. The summed E-state index contributed by atoms with van der Waals surface area (Å²) in [6.07, 6.45) is 6.35. The van der Waals surface area contributed by atoms with Gasteiger partial charge in [0.05, 0.1) is 6.33 Å². The first kappa shape index (κ1) is 13.7. The van der Waals surface area contributed by atoms with E-state index in [0.29, 0.717) is 23.8 Å². The molecule has 1 aliphatic rings. The molecule has 0 aliphatic carbocycles. The first-order valence-electron chi connectivity index (χ1n) is 6.64. The van der Waals surface area contributed by atoms with Crippen molar-refractivity contribution >= 4 is 28.3 Å². The van der Waals surface area contributed by atoms with Gasteiger partial charge in [0.1, 0.15) is 11.7 Å². The van der Waals surface area contributed by atoms with Gasteiger partial charge in [0.2, 0.25) is 5.91 Å². The Kier molecular flexibility index (Phi) is 3.70. The molecule has 3 rings (SSSR count). The highest BCUT2D eigenvalue weighted by atomic mass is 32.1. The van der Waals surface area contributed by atoms with E-state index in [1.165, 1.54) is 11.3 Å². The summed E-state index contributed by atoms with van der Waals surface area (Å²) < 4.78 is 1.72. The van der Waals surface area contributed by atoms with Gasteiger partial charge < -0.3 is 14.8 Å². The van der Waals surface area contributed by atoms with Gasteiger partial charge in [-0.15, -0.1) is 11.3 Å². The van der Waals surface area contributed by atoms with E-state index in [-0.39, 0.29) is 11.8 Å². The Morgan fingerprint density at radius 2 is 2.29 bits per heavy atom. The van der Waals surface area contributed by atoms with E-state index < -0.39 is 6.04 Å². The van der Waals surface area contributed by atoms with Crippen LogP contribution in [0.5, 0.6) is 0 Å². The van der Waals surface area contributed by atoms with Crippen molar-refractivity contribution in [2.75, 3.05) is 11.9 Å². The van der Waals surface area contributed by atoms with Gasteiger partial charge in [0.15, 0.2) is 5.13 Å². The number of hydrogen-bond donors (Lipinski definition) is 1. The average Bonchev–Trinajstić information content (AvgIpc) is 3.18. The van der Waals surface area contributed by atoms with Crippen LogP contribution in [-0.4, -0.2) is 43.8 Å². The maximum atomic E-state index is 12.4. The summed E-state index contributed by atoms with van der Waals surface area (Å²) in [6.45, 7) is 0.575. The highest BCUT2D eigenvalue weighted by Gasteiger charge is 2.35. The highest BCUT2D eigenvalue weighted by molar-refractivity contribution is 7.13. The van der Waals surface area contributed by atoms with Gasteiger partial charge in [-0.3, -0.25) is 9.59 Å². The second-order valence-electron chi connectivity index (χ2n) is 4.91. The number of carbonyl (C=O) groups is 2. The number of amides is 2. The van der Waals surface area contributed by atoms with Gasteiger partial charge in [0, 0.05) is 31.4 Å². The molecule has 0 spiro atoms. The average molecular weight is 305 g/mol. The molecule has 110 valence electrons. The molecular formula is C13H15N5O2S. The summed E-state index contributed by atoms with van der Waals surface area (Å²) >= 11 is 1.36. The van der Waals surface area contributed by atoms with E-state index in [1.54, 1.807) is 40.6 Å². The number of likely N-dealkylation sites (tertiary alicyclic amines) is 1. The maximum Gasteiger partial charge on any atom is 0.274 e. The van der Waals surface area contributed by atoms with Gasteiger partial charge >= 0.3 is 0 Å². The molecule has 2 aromatic rings. The van der Waals surface area contributed by atoms with Crippen LogP contribution in [0.2, 0.25) is 0 Å². The van der Waals surface area contributed by atoms with Crippen molar-refractivity contribution in [3.8, 4) is 0 Å². The van der Waals surface area contributed by atoms with Gasteiger partial charge in [-0.2, -0.15) is 0 Å². The van der Waals surface area contributed by atoms with Crippen LogP contribution in [0.1, 0.15) is 23.3 Å². The summed E-state index contributed by atoms with van der Waals surface area (Å²) in [6, 6.07) is -0.455. The number of nitrogens with one attached hydrogen (secondary N) is 1. The van der Waals surface area contributed by atoms with E-state index in [2.05, 4.69) is 15.3 Å². The number of hydrogen-bond acceptors (Lipinski definition) is 5. The Morgan fingerprint density at radius 3 is 2.95 bits per heavy atom. The molecule has 1 saturated heterocycles. The molecule has 3 heterocycles. The zero-order valence-corrected chi connectivity index (χ0v) is 12.3. The molecule has 1 N–H and O–H groups in total. The quantitative estimate of drug-likeness (QED) is 0.921. The fourth-order valence-electron chi connectivity index (χ4n) is 2.43. The lowest BCUT2D eigenvalue weighted by molar-refractivity contribution is -0.119. The minimum Gasteiger partial charge on any atom is -0.340 e. The van der Waals surface area contributed by atoms with Gasteiger partial charge in [-0.1, -0.05) is 0 Å². The summed E-state index contributed by atoms with van der Waals surface area (Å²) in [4.78, 5) is 34.4. The molecule has 1 aliphatic heterocycles. The summed E-state index contributed by atoms with van der Waals surface area (Å²) in [5, 5.41) is 5.10. The second kappa shape index (κ2) is 5.65. The molecule has 1 unspecified atom stereocenters. The van der Waals surface area contributed by atoms with Crippen molar-refractivity contribution in [1.82, 2.24) is 19.4 Å². The number of anilines is 1. The standard InChI is InChI=1S/C13H15N5O2S/c1-17-7-9(15-8-17)12(20)18-5-2-3-10(18)11(19)16-13-14-4-6-21-13/h4,6-8,10H,2-3,5H2,1H3,(H,14,16,19). The van der Waals surface area contributed by atoms with Crippen LogP contribution in [0.4, 0.5) is 5.13 Å². The second-order valence-corrected chi connectivity index (χ2v) is 5.80. The van der Waals surface area contributed by atoms with Crippen LogP contribution in [0.15, 0.2) is 24.1 Å². The fourth-order valence-corrected chi connectivity index (χ4v) is 2.96. The fraction of sp³-hybridized carbons (Fsp3) is 0.385. The normalized spacial score (nSPS) is 18.0. The molecular weight excluding hydrogens is 290 g/mol. The van der Waals surface area contributed by atoms with Crippen LogP contribution < -0.4 is 5.32 Å². The largest absolute Gasteiger partial charge is 0.340 e. The molecule has 21 heavy (non-hydrogen) atoms. The molecule has 7 nitrogen and oxygen atoms in total. The predicted octanol–water partition coefficient (Wildman–Crippen LogP) is 1.12. The van der Waals surface area contributed by atoms with Crippen molar-refractivity contribution in [1.29, 1.82) is 0 Å². The molecule has 1 atom stereocenters. The molecule has 0 saturated carbocycles. The molecule has 0 radical (unpaired) electrons. The molecule has 0 aromatic carbocycles. The monoisotopic (exact) mass is 305 g/mol. The molecule has 2 aromatic heterocycles. The lowest BCUT2D eigenvalue weighted by atomic mass is 10.2. The Hall–Kier alpha value is -2.22. The Labute approximate surface area is 125 Å². The van der Waals surface area contributed by atoms with E-state index in [9.17, 15) is 9.59 Å². The van der Waals surface area contributed by atoms with Crippen LogP contribution in [0, 0.1) is 0 Å². The third-order valence-corrected chi connectivity index (χ3v) is 4.09. The zero-order valence-electron chi connectivity index (χ0n) is 11.5. The van der Waals surface area contributed by atoms with Crippen molar-refractivity contribution in [2.45, 2.75) is 18.9 Å². The van der Waals surface area contributed by atoms with Crippen LogP contribution in [0.25, 0.3) is 0 Å². The summed E-state index contributed by atoms with van der Waals surface area (Å²) in [7, 11) is 1.81. The number of rotatable bonds is 3. The first-order chi connectivity index (χ1) is 10.1. The SMILES string of the molecule is Cn1cnc(C(=O)N2CCCC2C(=O)Nc2nccs2)c1. The smallest absolute Gasteiger partial charge is 0.274 e. The minimum atomic E-state index is -0.455. The van der Waals surface area contributed by atoms with Gasteiger partial charge in [0.25, 0.3) is 5.91 Å². The van der Waals surface area contributed by atoms with E-state index in [0.717, 1.165) is 6.42 Å². The first-order valence-corrected chi connectivity index (χ1v) is 7.52. The van der Waals surface area contributed by atoms with Crippen LogP contribution in [0.3, 0.4) is 0 Å². The van der Waals surface area contributed by atoms with Crippen LogP contribution in [-0.2, 0) is 11.8 Å². The molecule has 1 fully saturated rings. The van der Waals surface area contributed by atoms with E-state index in [1.807, 2.05) is 0 Å². The van der Waals surface area contributed by atoms with Crippen molar-refractivity contribution in [2.24, 2.45) is 7.05 Å². The van der Waals surface area contributed by atoms with Crippen molar-refractivity contribution in [3.63, 3.8) is 0 Å². The third-order valence-electron chi connectivity index (χ3n) is 3.40. The Balaban J connectivity index is 1.73. The van der Waals surface area contributed by atoms with Gasteiger partial charge in [-0.05, 0) is 12.8 Å². The van der Waals surface area contributed by atoms with Gasteiger partial charge in [-0.25, -0.2) is 9.97 Å². The van der Waals surface area contributed by atoms with Crippen molar-refractivity contribution in [3.05, 3.63) is 29.8 Å². The maximum absolute atomic E-state index is 12.4. The lowest BCUT2D eigenvalue weighted by Crippen LogP contribution is -2.43. The number of carbonyl (C=O) groups excluding carboxylic acids is 2. The molecule has 2 amide bonds. The number of aryl methyl sites for hydroxylation is 1. The Morgan fingerprint density at radius 1 is 1.43 bits per heavy atom. The highest BCUT2D eigenvalue weighted by Crippen LogP contribution is 2.21. The van der Waals surface area contributed by atoms with E-state index >= 15 is 0 Å². The number of nitrogens with zero attached hydrogens (tertiary/aromatic N) is 4. The molecule has 0 bridgehead atoms. The number of aromatic nitrogens is 3. The summed E-state index contributed by atoms with van der Waals surface area (Å²) in [5.74, 6) is -0.390. The zero-order chi connectivity index (χ0) is 14.8. The molecule has 8 heteroatoms. The number of imidazole rings is 1. The van der Waals surface area contributed by atoms with Crippen molar-refractivity contribution < 1.29 is 9.59 Å². The number of thiazole rings is 1. The van der Waals surface area contributed by atoms with E-state index in [4.69, 9.17) is 0 Å². The summed E-state index contributed by atoms with van der Waals surface area (Å²) in [5.41, 5.74) is 0.367. The van der Waals surface area contributed by atoms with Crippen LogP contribution >= 0.6 is 11.3 Å².